The van der Waals surface area contributed by atoms with Crippen LogP contribution in [0.25, 0.3) is 11.6 Å². The van der Waals surface area contributed by atoms with E-state index in [1.54, 1.807) is 24.3 Å². The lowest BCUT2D eigenvalue weighted by Crippen LogP contribution is -2.41. The van der Waals surface area contributed by atoms with Gasteiger partial charge in [0.2, 0.25) is 0 Å². The summed E-state index contributed by atoms with van der Waals surface area (Å²) in [7, 11) is 0. The standard InChI is InChI=1S/C21H16N2O2S/c1-13-7-9-16(10-8-13)23-20(24)18-6-4-3-5-17(18)19(21(23)25)11-15-12-26-14(2)22-15/h3-12H,1-2H3/b19-11-. The highest BCUT2D eigenvalue weighted by Gasteiger charge is 2.35. The number of thiazole rings is 1. The molecule has 0 spiro atoms. The molecular weight excluding hydrogens is 344 g/mol. The van der Waals surface area contributed by atoms with E-state index in [1.807, 2.05) is 49.6 Å². The van der Waals surface area contributed by atoms with E-state index in [0.29, 0.717) is 22.4 Å². The molecule has 4 nitrogen and oxygen atoms in total. The fraction of sp³-hybridized carbons (Fsp3) is 0.0952. The van der Waals surface area contributed by atoms with Gasteiger partial charge in [-0.1, -0.05) is 35.9 Å². The minimum atomic E-state index is -0.330. The second-order valence-electron chi connectivity index (χ2n) is 6.18. The Bertz CT molecular complexity index is 1050. The Balaban J connectivity index is 1.89. The molecule has 2 aromatic carbocycles. The topological polar surface area (TPSA) is 50.3 Å². The van der Waals surface area contributed by atoms with Gasteiger partial charge in [-0.05, 0) is 38.1 Å². The third-order valence-electron chi connectivity index (χ3n) is 4.31. The lowest BCUT2D eigenvalue weighted by molar-refractivity contribution is -0.112. The first-order valence-electron chi connectivity index (χ1n) is 8.23. The van der Waals surface area contributed by atoms with Crippen molar-refractivity contribution in [3.8, 4) is 0 Å². The van der Waals surface area contributed by atoms with E-state index >= 15 is 0 Å². The number of benzene rings is 2. The SMILES string of the molecule is Cc1ccc(N2C(=O)/C(=C\c3csc(C)n3)c3ccccc3C2=O)cc1. The maximum atomic E-state index is 13.2. The molecule has 4 rings (SSSR count). The number of nitrogens with zero attached hydrogens (tertiary/aromatic N) is 2. The molecule has 0 atom stereocenters. The predicted molar refractivity (Wildman–Crippen MR) is 104 cm³/mol. The van der Waals surface area contributed by atoms with Crippen LogP contribution in [0.15, 0.2) is 53.9 Å². The lowest BCUT2D eigenvalue weighted by atomic mass is 9.92. The van der Waals surface area contributed by atoms with Gasteiger partial charge in [0.05, 0.1) is 22.0 Å². The van der Waals surface area contributed by atoms with Crippen molar-refractivity contribution < 1.29 is 9.59 Å². The van der Waals surface area contributed by atoms with Crippen molar-refractivity contribution in [3.05, 3.63) is 81.3 Å². The molecule has 1 aliphatic heterocycles. The van der Waals surface area contributed by atoms with Crippen LogP contribution in [0, 0.1) is 13.8 Å². The molecule has 0 aliphatic carbocycles. The summed E-state index contributed by atoms with van der Waals surface area (Å²) in [6.45, 7) is 3.89. The predicted octanol–water partition coefficient (Wildman–Crippen LogP) is 4.49. The molecule has 0 saturated carbocycles. The minimum absolute atomic E-state index is 0.305. The second kappa shape index (κ2) is 6.35. The van der Waals surface area contributed by atoms with E-state index in [9.17, 15) is 9.59 Å². The number of carbonyl (C=O) groups excluding carboxylic acids is 2. The molecule has 2 amide bonds. The normalized spacial score (nSPS) is 15.5. The number of fused-ring (bicyclic) bond motifs is 1. The summed E-state index contributed by atoms with van der Waals surface area (Å²) in [6.07, 6.45) is 1.76. The first-order chi connectivity index (χ1) is 12.5. The molecule has 128 valence electrons. The van der Waals surface area contributed by atoms with Crippen molar-refractivity contribution in [2.24, 2.45) is 0 Å². The number of rotatable bonds is 2. The molecule has 2 heterocycles. The van der Waals surface area contributed by atoms with Crippen LogP contribution in [0.1, 0.15) is 32.2 Å². The maximum Gasteiger partial charge on any atom is 0.266 e. The van der Waals surface area contributed by atoms with Gasteiger partial charge < -0.3 is 0 Å². The van der Waals surface area contributed by atoms with Gasteiger partial charge >= 0.3 is 0 Å². The third-order valence-corrected chi connectivity index (χ3v) is 5.10. The molecule has 0 N–H and O–H groups in total. The van der Waals surface area contributed by atoms with Crippen LogP contribution in [0.5, 0.6) is 0 Å². The molecule has 0 unspecified atom stereocenters. The number of carbonyl (C=O) groups is 2. The number of amides is 2. The summed E-state index contributed by atoms with van der Waals surface area (Å²) in [5.74, 6) is -0.635. The summed E-state index contributed by atoms with van der Waals surface area (Å²) >= 11 is 1.53. The average Bonchev–Trinajstić information content (AvgIpc) is 3.05. The Hall–Kier alpha value is -3.05. The molecule has 1 aliphatic rings. The van der Waals surface area contributed by atoms with Crippen molar-refractivity contribution in [2.75, 3.05) is 4.90 Å². The fourth-order valence-electron chi connectivity index (χ4n) is 3.01. The molecule has 0 radical (unpaired) electrons. The van der Waals surface area contributed by atoms with E-state index in [-0.39, 0.29) is 11.8 Å². The zero-order valence-electron chi connectivity index (χ0n) is 14.4. The highest BCUT2D eigenvalue weighted by molar-refractivity contribution is 7.09. The molecule has 5 heteroatoms. The Morgan fingerprint density at radius 3 is 2.27 bits per heavy atom. The van der Waals surface area contributed by atoms with Gasteiger partial charge in [-0.25, -0.2) is 9.88 Å². The first-order valence-corrected chi connectivity index (χ1v) is 9.11. The molecule has 1 aromatic heterocycles. The van der Waals surface area contributed by atoms with Crippen molar-refractivity contribution in [2.45, 2.75) is 13.8 Å². The zero-order valence-corrected chi connectivity index (χ0v) is 15.2. The number of imide groups is 1. The van der Waals surface area contributed by atoms with Crippen LogP contribution in [-0.2, 0) is 4.79 Å². The molecule has 3 aromatic rings. The summed E-state index contributed by atoms with van der Waals surface area (Å²) in [6, 6.07) is 14.6. The Morgan fingerprint density at radius 2 is 1.62 bits per heavy atom. The molecule has 0 bridgehead atoms. The average molecular weight is 360 g/mol. The number of hydrogen-bond acceptors (Lipinski definition) is 4. The van der Waals surface area contributed by atoms with Crippen LogP contribution in [0.4, 0.5) is 5.69 Å². The largest absolute Gasteiger partial charge is 0.268 e. The summed E-state index contributed by atoms with van der Waals surface area (Å²) < 4.78 is 0. The van der Waals surface area contributed by atoms with E-state index in [2.05, 4.69) is 4.98 Å². The van der Waals surface area contributed by atoms with Crippen LogP contribution in [-0.4, -0.2) is 16.8 Å². The lowest BCUT2D eigenvalue weighted by Gasteiger charge is -2.28. The van der Waals surface area contributed by atoms with Crippen LogP contribution in [0.3, 0.4) is 0 Å². The van der Waals surface area contributed by atoms with Crippen molar-refractivity contribution in [3.63, 3.8) is 0 Å². The number of hydrogen-bond donors (Lipinski definition) is 0. The molecular formula is C21H16N2O2S. The number of aromatic nitrogens is 1. The highest BCUT2D eigenvalue weighted by Crippen LogP contribution is 2.33. The monoisotopic (exact) mass is 360 g/mol. The van der Waals surface area contributed by atoms with Crippen LogP contribution in [0.2, 0.25) is 0 Å². The molecule has 26 heavy (non-hydrogen) atoms. The van der Waals surface area contributed by atoms with Crippen molar-refractivity contribution in [1.82, 2.24) is 4.98 Å². The van der Waals surface area contributed by atoms with Gasteiger partial charge in [-0.15, -0.1) is 11.3 Å². The Labute approximate surface area is 155 Å². The Kier molecular flexibility index (Phi) is 4.01. The van der Waals surface area contributed by atoms with Gasteiger partial charge in [-0.2, -0.15) is 0 Å². The summed E-state index contributed by atoms with van der Waals surface area (Å²) in [4.78, 5) is 31.9. The van der Waals surface area contributed by atoms with Crippen LogP contribution < -0.4 is 4.90 Å². The third kappa shape index (κ3) is 2.76. The fourth-order valence-corrected chi connectivity index (χ4v) is 3.59. The van der Waals surface area contributed by atoms with Gasteiger partial charge in [0.15, 0.2) is 0 Å². The van der Waals surface area contributed by atoms with Gasteiger partial charge in [0.25, 0.3) is 11.8 Å². The van der Waals surface area contributed by atoms with Gasteiger partial charge in [-0.3, -0.25) is 9.59 Å². The summed E-state index contributed by atoms with van der Waals surface area (Å²) in [5.41, 5.74) is 4.01. The quantitative estimate of drug-likeness (QED) is 0.500. The maximum absolute atomic E-state index is 13.2. The van der Waals surface area contributed by atoms with Crippen LogP contribution >= 0.6 is 11.3 Å². The molecule has 0 saturated heterocycles. The minimum Gasteiger partial charge on any atom is -0.268 e. The smallest absolute Gasteiger partial charge is 0.266 e. The first kappa shape index (κ1) is 16.4. The van der Waals surface area contributed by atoms with E-state index < -0.39 is 0 Å². The zero-order chi connectivity index (χ0) is 18.3. The molecule has 0 fully saturated rings. The number of aryl methyl sites for hydroxylation is 2. The Morgan fingerprint density at radius 1 is 0.923 bits per heavy atom. The highest BCUT2D eigenvalue weighted by atomic mass is 32.1. The summed E-state index contributed by atoms with van der Waals surface area (Å²) in [5, 5.41) is 2.84. The van der Waals surface area contributed by atoms with E-state index in [4.69, 9.17) is 0 Å². The van der Waals surface area contributed by atoms with Gasteiger partial charge in [0, 0.05) is 16.5 Å². The van der Waals surface area contributed by atoms with Gasteiger partial charge in [0.1, 0.15) is 0 Å². The van der Waals surface area contributed by atoms with Crippen molar-refractivity contribution in [1.29, 1.82) is 0 Å². The van der Waals surface area contributed by atoms with E-state index in [0.717, 1.165) is 16.3 Å². The van der Waals surface area contributed by atoms with Crippen molar-refractivity contribution >= 4 is 40.5 Å². The number of anilines is 1. The van der Waals surface area contributed by atoms with E-state index in [1.165, 1.54) is 16.2 Å². The second-order valence-corrected chi connectivity index (χ2v) is 7.24.